The van der Waals surface area contributed by atoms with Crippen LogP contribution < -0.4 is 0 Å². The maximum Gasteiger partial charge on any atom is 0.0969 e. The molecule has 0 atom stereocenters. The number of benzene rings is 4. The van der Waals surface area contributed by atoms with E-state index >= 15 is 0 Å². The first-order chi connectivity index (χ1) is 14.9. The zero-order valence-electron chi connectivity index (χ0n) is 16.3. The molecule has 0 N–H and O–H groups in total. The van der Waals surface area contributed by atoms with Gasteiger partial charge in [0.2, 0.25) is 0 Å². The van der Waals surface area contributed by atoms with Crippen LogP contribution in [0.2, 0.25) is 0 Å². The molecule has 5 rings (SSSR count). The lowest BCUT2D eigenvalue weighted by Gasteiger charge is -2.20. The number of rotatable bonds is 4. The third kappa shape index (κ3) is 3.38. The Morgan fingerprint density at radius 2 is 0.933 bits per heavy atom. The second-order valence-corrected chi connectivity index (χ2v) is 7.01. The van der Waals surface area contributed by atoms with Crippen LogP contribution in [0.5, 0.6) is 0 Å². The van der Waals surface area contributed by atoms with Crippen molar-refractivity contribution in [2.24, 2.45) is 0 Å². The van der Waals surface area contributed by atoms with Crippen molar-refractivity contribution in [1.82, 2.24) is 15.4 Å². The molecule has 142 valence electrons. The Morgan fingerprint density at radius 3 is 1.47 bits per heavy atom. The molecule has 0 aliphatic rings. The molecule has 0 unspecified atom stereocenters. The second kappa shape index (κ2) is 8.10. The molecule has 4 aromatic carbocycles. The molecule has 0 radical (unpaired) electrons. The monoisotopic (exact) mass is 385 g/mol. The minimum atomic E-state index is 0.806. The average molecular weight is 385 g/mol. The molecule has 3 nitrogen and oxygen atoms in total. The molecular weight excluding hydrogens is 366 g/mol. The van der Waals surface area contributed by atoms with E-state index < -0.39 is 0 Å². The highest BCUT2D eigenvalue weighted by molar-refractivity contribution is 6.01. The standard InChI is InChI=1S/C27H19N3/c1-4-10-20(11-5-1)23-16-17-24(25-18-19-28-30-29-25)27(22-14-8-3-9-15-22)26(23)21-12-6-2-7-13-21/h1-19H. The summed E-state index contributed by atoms with van der Waals surface area (Å²) in [6, 6.07) is 37.8. The third-order valence-electron chi connectivity index (χ3n) is 5.19. The molecule has 0 amide bonds. The summed E-state index contributed by atoms with van der Waals surface area (Å²) in [5, 5.41) is 12.0. The first kappa shape index (κ1) is 18.0. The van der Waals surface area contributed by atoms with Crippen LogP contribution in [0.1, 0.15) is 0 Å². The van der Waals surface area contributed by atoms with Crippen molar-refractivity contribution in [3.63, 3.8) is 0 Å². The summed E-state index contributed by atoms with van der Waals surface area (Å²) in [6.07, 6.45) is 1.68. The van der Waals surface area contributed by atoms with Gasteiger partial charge in [0.05, 0.1) is 11.9 Å². The highest BCUT2D eigenvalue weighted by atomic mass is 15.3. The molecule has 0 saturated carbocycles. The van der Waals surface area contributed by atoms with Crippen molar-refractivity contribution in [2.45, 2.75) is 0 Å². The first-order valence-electron chi connectivity index (χ1n) is 9.90. The highest BCUT2D eigenvalue weighted by Gasteiger charge is 2.19. The van der Waals surface area contributed by atoms with Crippen LogP contribution in [-0.4, -0.2) is 15.4 Å². The Kier molecular flexibility index (Phi) is 4.84. The summed E-state index contributed by atoms with van der Waals surface area (Å²) < 4.78 is 0. The summed E-state index contributed by atoms with van der Waals surface area (Å²) in [5.74, 6) is 0. The molecule has 5 aromatic rings. The van der Waals surface area contributed by atoms with E-state index in [1.165, 1.54) is 22.3 Å². The summed E-state index contributed by atoms with van der Waals surface area (Å²) >= 11 is 0. The van der Waals surface area contributed by atoms with Crippen molar-refractivity contribution >= 4 is 0 Å². The molecule has 1 heterocycles. The summed E-state index contributed by atoms with van der Waals surface area (Å²) in [4.78, 5) is 0. The van der Waals surface area contributed by atoms with Gasteiger partial charge < -0.3 is 0 Å². The van der Waals surface area contributed by atoms with E-state index in [9.17, 15) is 0 Å². The van der Waals surface area contributed by atoms with Crippen LogP contribution in [-0.2, 0) is 0 Å². The Labute approximate surface area is 175 Å². The summed E-state index contributed by atoms with van der Waals surface area (Å²) in [7, 11) is 0. The molecular formula is C27H19N3. The molecule has 30 heavy (non-hydrogen) atoms. The van der Waals surface area contributed by atoms with Gasteiger partial charge in [0.1, 0.15) is 0 Å². The van der Waals surface area contributed by atoms with E-state index in [0.29, 0.717) is 0 Å². The quantitative estimate of drug-likeness (QED) is 0.352. The van der Waals surface area contributed by atoms with Gasteiger partial charge in [-0.05, 0) is 44.7 Å². The normalized spacial score (nSPS) is 10.7. The van der Waals surface area contributed by atoms with E-state index in [4.69, 9.17) is 0 Å². The van der Waals surface area contributed by atoms with Gasteiger partial charge in [-0.1, -0.05) is 103 Å². The van der Waals surface area contributed by atoms with E-state index in [1.54, 1.807) is 6.20 Å². The number of hydrogen-bond donors (Lipinski definition) is 0. The SMILES string of the molecule is c1ccc(-c2ccc(-c3ccnnn3)c(-c3ccccc3)c2-c2ccccc2)cc1. The molecule has 0 fully saturated rings. The molecule has 0 aliphatic heterocycles. The van der Waals surface area contributed by atoms with Gasteiger partial charge in [0.25, 0.3) is 0 Å². The minimum Gasteiger partial charge on any atom is -0.139 e. The Bertz CT molecular complexity index is 1150. The van der Waals surface area contributed by atoms with Gasteiger partial charge in [-0.2, -0.15) is 0 Å². The number of hydrogen-bond acceptors (Lipinski definition) is 3. The van der Waals surface area contributed by atoms with Crippen molar-refractivity contribution in [3.8, 4) is 44.6 Å². The van der Waals surface area contributed by atoms with E-state index in [0.717, 1.165) is 22.4 Å². The topological polar surface area (TPSA) is 38.7 Å². The summed E-state index contributed by atoms with van der Waals surface area (Å²) in [6.45, 7) is 0. The van der Waals surface area contributed by atoms with Crippen molar-refractivity contribution in [2.75, 3.05) is 0 Å². The van der Waals surface area contributed by atoms with Crippen LogP contribution in [0, 0.1) is 0 Å². The van der Waals surface area contributed by atoms with Gasteiger partial charge in [0.15, 0.2) is 0 Å². The lowest BCUT2D eigenvalue weighted by molar-refractivity contribution is 0.871. The van der Waals surface area contributed by atoms with E-state index in [2.05, 4.69) is 100 Å². The zero-order valence-corrected chi connectivity index (χ0v) is 16.3. The fraction of sp³-hybridized carbons (Fsp3) is 0. The molecule has 0 spiro atoms. The second-order valence-electron chi connectivity index (χ2n) is 7.01. The average Bonchev–Trinajstić information content (AvgIpc) is 2.85. The molecule has 0 saturated heterocycles. The predicted octanol–water partition coefficient (Wildman–Crippen LogP) is 6.54. The Morgan fingerprint density at radius 1 is 0.433 bits per heavy atom. The first-order valence-corrected chi connectivity index (χ1v) is 9.90. The Balaban J connectivity index is 1.91. The van der Waals surface area contributed by atoms with Gasteiger partial charge >= 0.3 is 0 Å². The van der Waals surface area contributed by atoms with Crippen LogP contribution in [0.25, 0.3) is 44.6 Å². The van der Waals surface area contributed by atoms with Crippen LogP contribution in [0.4, 0.5) is 0 Å². The number of nitrogens with zero attached hydrogens (tertiary/aromatic N) is 3. The van der Waals surface area contributed by atoms with Crippen molar-refractivity contribution in [3.05, 3.63) is 115 Å². The van der Waals surface area contributed by atoms with Gasteiger partial charge in [-0.25, -0.2) is 0 Å². The largest absolute Gasteiger partial charge is 0.139 e. The molecule has 1 aromatic heterocycles. The predicted molar refractivity (Wildman–Crippen MR) is 122 cm³/mol. The van der Waals surface area contributed by atoms with Crippen LogP contribution in [0.3, 0.4) is 0 Å². The zero-order chi connectivity index (χ0) is 20.2. The van der Waals surface area contributed by atoms with Crippen LogP contribution in [0.15, 0.2) is 115 Å². The summed E-state index contributed by atoms with van der Waals surface area (Å²) in [5.41, 5.74) is 8.84. The van der Waals surface area contributed by atoms with Gasteiger partial charge in [-0.3, -0.25) is 0 Å². The number of aromatic nitrogens is 3. The maximum atomic E-state index is 4.31. The Hall–Kier alpha value is -4.11. The smallest absolute Gasteiger partial charge is 0.0969 e. The lowest BCUT2D eigenvalue weighted by atomic mass is 9.84. The van der Waals surface area contributed by atoms with E-state index in [-0.39, 0.29) is 0 Å². The van der Waals surface area contributed by atoms with Gasteiger partial charge in [-0.15, -0.1) is 10.2 Å². The third-order valence-corrected chi connectivity index (χ3v) is 5.19. The molecule has 0 bridgehead atoms. The molecule has 0 aliphatic carbocycles. The highest BCUT2D eigenvalue weighted by Crippen LogP contribution is 2.44. The molecule has 3 heteroatoms. The van der Waals surface area contributed by atoms with Crippen LogP contribution >= 0.6 is 0 Å². The lowest BCUT2D eigenvalue weighted by Crippen LogP contribution is -1.96. The van der Waals surface area contributed by atoms with Gasteiger partial charge in [0, 0.05) is 5.56 Å². The minimum absolute atomic E-state index is 0.806. The van der Waals surface area contributed by atoms with E-state index in [1.807, 2.05) is 24.3 Å². The fourth-order valence-electron chi connectivity index (χ4n) is 3.87. The maximum absolute atomic E-state index is 4.31. The van der Waals surface area contributed by atoms with Crippen molar-refractivity contribution in [1.29, 1.82) is 0 Å². The fourth-order valence-corrected chi connectivity index (χ4v) is 3.87. The van der Waals surface area contributed by atoms with Crippen molar-refractivity contribution < 1.29 is 0 Å².